The van der Waals surface area contributed by atoms with E-state index in [2.05, 4.69) is 5.32 Å². The molecule has 16 heavy (non-hydrogen) atoms. The molecule has 88 valence electrons. The highest BCUT2D eigenvalue weighted by atomic mass is 32.2. The Morgan fingerprint density at radius 3 is 2.44 bits per heavy atom. The highest BCUT2D eigenvalue weighted by Crippen LogP contribution is 2.08. The van der Waals surface area contributed by atoms with Gasteiger partial charge in [0.25, 0.3) is 0 Å². The van der Waals surface area contributed by atoms with Crippen molar-refractivity contribution in [2.75, 3.05) is 18.8 Å². The Balaban J connectivity index is 2.57. The topological polar surface area (TPSA) is 89.3 Å². The van der Waals surface area contributed by atoms with Gasteiger partial charge in [0.2, 0.25) is 5.91 Å². The van der Waals surface area contributed by atoms with E-state index in [0.717, 1.165) is 0 Å². The fraction of sp³-hybridized carbons (Fsp3) is 0.300. The maximum atomic E-state index is 11.7. The molecule has 1 aromatic carbocycles. The van der Waals surface area contributed by atoms with Gasteiger partial charge in [0.05, 0.1) is 17.2 Å². The lowest BCUT2D eigenvalue weighted by atomic mass is 10.4. The maximum Gasteiger partial charge on any atom is 0.233 e. The maximum absolute atomic E-state index is 11.7. The second-order valence-corrected chi connectivity index (χ2v) is 5.30. The molecule has 0 fully saturated rings. The zero-order valence-corrected chi connectivity index (χ0v) is 9.53. The predicted molar refractivity (Wildman–Crippen MR) is 60.6 cm³/mol. The van der Waals surface area contributed by atoms with Crippen LogP contribution in [0.25, 0.3) is 0 Å². The van der Waals surface area contributed by atoms with Crippen molar-refractivity contribution in [3.8, 4) is 0 Å². The molecule has 1 aromatic rings. The Morgan fingerprint density at radius 2 is 1.88 bits per heavy atom. The normalized spacial score (nSPS) is 11.1. The van der Waals surface area contributed by atoms with Gasteiger partial charge in [0.1, 0.15) is 0 Å². The Kier molecular flexibility index (Phi) is 4.45. The van der Waals surface area contributed by atoms with Gasteiger partial charge in [-0.25, -0.2) is 8.42 Å². The molecule has 0 atom stereocenters. The van der Waals surface area contributed by atoms with Crippen molar-refractivity contribution in [3.63, 3.8) is 0 Å². The number of rotatable bonds is 5. The molecule has 0 aliphatic rings. The minimum Gasteiger partial charge on any atom is -0.354 e. The molecule has 0 heterocycles. The molecule has 3 N–H and O–H groups in total. The van der Waals surface area contributed by atoms with E-state index in [4.69, 9.17) is 5.73 Å². The molecule has 0 saturated carbocycles. The van der Waals surface area contributed by atoms with Crippen molar-refractivity contribution in [2.45, 2.75) is 4.90 Å². The molecule has 0 aliphatic heterocycles. The molecule has 5 nitrogen and oxygen atoms in total. The summed E-state index contributed by atoms with van der Waals surface area (Å²) in [7, 11) is -3.32. The molecule has 0 aliphatic carbocycles. The summed E-state index contributed by atoms with van der Waals surface area (Å²) < 4.78 is 23.4. The first-order chi connectivity index (χ1) is 7.56. The van der Waals surface area contributed by atoms with Crippen molar-refractivity contribution in [1.82, 2.24) is 5.32 Å². The zero-order valence-electron chi connectivity index (χ0n) is 8.72. The van der Waals surface area contributed by atoms with Gasteiger partial charge in [0.15, 0.2) is 9.84 Å². The number of carbonyl (C=O) groups excluding carboxylic acids is 1. The van der Waals surface area contributed by atoms with Gasteiger partial charge in [-0.1, -0.05) is 18.2 Å². The van der Waals surface area contributed by atoms with E-state index in [1.54, 1.807) is 18.2 Å². The molecule has 1 rings (SSSR count). The van der Waals surface area contributed by atoms with Gasteiger partial charge >= 0.3 is 0 Å². The second-order valence-electron chi connectivity index (χ2n) is 3.19. The monoisotopic (exact) mass is 242 g/mol. The van der Waals surface area contributed by atoms with Crippen LogP contribution in [0.15, 0.2) is 35.2 Å². The highest BCUT2D eigenvalue weighted by Gasteiger charge is 2.13. The quantitative estimate of drug-likeness (QED) is 0.731. The standard InChI is InChI=1S/C10H14N2O3S/c11-8-10(13)12-6-7-16(14,15)9-4-2-1-3-5-9/h1-5H,6-8,11H2,(H,12,13). The summed E-state index contributed by atoms with van der Waals surface area (Å²) in [6, 6.07) is 8.12. The Morgan fingerprint density at radius 1 is 1.25 bits per heavy atom. The molecule has 0 aromatic heterocycles. The van der Waals surface area contributed by atoms with E-state index in [1.165, 1.54) is 12.1 Å². The second kappa shape index (κ2) is 5.62. The van der Waals surface area contributed by atoms with Crippen LogP contribution in [0.1, 0.15) is 0 Å². The summed E-state index contributed by atoms with van der Waals surface area (Å²) in [6.45, 7) is -0.0569. The zero-order chi connectivity index (χ0) is 12.0. The van der Waals surface area contributed by atoms with Crippen molar-refractivity contribution in [1.29, 1.82) is 0 Å². The van der Waals surface area contributed by atoms with Crippen LogP contribution in [0.2, 0.25) is 0 Å². The lowest BCUT2D eigenvalue weighted by Crippen LogP contribution is -2.33. The van der Waals surface area contributed by atoms with Gasteiger partial charge in [-0.05, 0) is 12.1 Å². The molecule has 0 unspecified atom stereocenters. The molecule has 0 radical (unpaired) electrons. The third-order valence-corrected chi connectivity index (χ3v) is 3.71. The van der Waals surface area contributed by atoms with Crippen LogP contribution in [-0.4, -0.2) is 33.2 Å². The predicted octanol–water partition coefficient (Wildman–Crippen LogP) is -0.465. The Labute approximate surface area is 94.6 Å². The number of sulfone groups is 1. The minimum absolute atomic E-state index is 0.0766. The van der Waals surface area contributed by atoms with E-state index in [1.807, 2.05) is 0 Å². The van der Waals surface area contributed by atoms with Gasteiger partial charge in [-0.2, -0.15) is 0 Å². The summed E-state index contributed by atoms with van der Waals surface area (Å²) in [5, 5.41) is 2.42. The van der Waals surface area contributed by atoms with Crippen LogP contribution < -0.4 is 11.1 Å². The average molecular weight is 242 g/mol. The number of benzene rings is 1. The van der Waals surface area contributed by atoms with Crippen LogP contribution in [0, 0.1) is 0 Å². The molecule has 0 saturated heterocycles. The molecular formula is C10H14N2O3S. The van der Waals surface area contributed by atoms with Crippen molar-refractivity contribution in [2.24, 2.45) is 5.73 Å². The number of carbonyl (C=O) groups is 1. The Hall–Kier alpha value is -1.40. The fourth-order valence-electron chi connectivity index (χ4n) is 1.14. The smallest absolute Gasteiger partial charge is 0.233 e. The van der Waals surface area contributed by atoms with Crippen LogP contribution in [0.4, 0.5) is 0 Å². The first-order valence-electron chi connectivity index (χ1n) is 4.81. The van der Waals surface area contributed by atoms with Crippen LogP contribution in [0.3, 0.4) is 0 Å². The SMILES string of the molecule is NCC(=O)NCCS(=O)(=O)c1ccccc1. The van der Waals surface area contributed by atoms with Gasteiger partial charge in [0, 0.05) is 6.54 Å². The van der Waals surface area contributed by atoms with Gasteiger partial charge < -0.3 is 11.1 Å². The van der Waals surface area contributed by atoms with E-state index >= 15 is 0 Å². The lowest BCUT2D eigenvalue weighted by Gasteiger charge is -2.05. The molecule has 0 bridgehead atoms. The number of hydrogen-bond donors (Lipinski definition) is 2. The highest BCUT2D eigenvalue weighted by molar-refractivity contribution is 7.91. The number of nitrogens with one attached hydrogen (secondary N) is 1. The van der Waals surface area contributed by atoms with Crippen LogP contribution in [0.5, 0.6) is 0 Å². The molecule has 0 spiro atoms. The summed E-state index contributed by atoms with van der Waals surface area (Å²) >= 11 is 0. The van der Waals surface area contributed by atoms with Crippen molar-refractivity contribution < 1.29 is 13.2 Å². The van der Waals surface area contributed by atoms with Crippen LogP contribution in [-0.2, 0) is 14.6 Å². The van der Waals surface area contributed by atoms with E-state index in [9.17, 15) is 13.2 Å². The van der Waals surface area contributed by atoms with E-state index in [-0.39, 0.29) is 29.6 Å². The van der Waals surface area contributed by atoms with Crippen LogP contribution >= 0.6 is 0 Å². The summed E-state index contributed by atoms with van der Waals surface area (Å²) in [5.41, 5.74) is 5.07. The largest absolute Gasteiger partial charge is 0.354 e. The summed E-state index contributed by atoms with van der Waals surface area (Å²) in [6.07, 6.45) is 0. The first-order valence-corrected chi connectivity index (χ1v) is 6.46. The van der Waals surface area contributed by atoms with Gasteiger partial charge in [-0.15, -0.1) is 0 Å². The Bertz CT molecular complexity index is 442. The number of hydrogen-bond acceptors (Lipinski definition) is 4. The third-order valence-electron chi connectivity index (χ3n) is 1.98. The van der Waals surface area contributed by atoms with Gasteiger partial charge in [-0.3, -0.25) is 4.79 Å². The number of amides is 1. The summed E-state index contributed by atoms with van der Waals surface area (Å²) in [4.78, 5) is 11.1. The van der Waals surface area contributed by atoms with E-state index in [0.29, 0.717) is 0 Å². The summed E-state index contributed by atoms with van der Waals surface area (Å²) in [5.74, 6) is -0.480. The molecule has 6 heteroatoms. The van der Waals surface area contributed by atoms with E-state index < -0.39 is 9.84 Å². The molecular weight excluding hydrogens is 228 g/mol. The molecule has 1 amide bonds. The van der Waals surface area contributed by atoms with Crippen molar-refractivity contribution in [3.05, 3.63) is 30.3 Å². The fourth-order valence-corrected chi connectivity index (χ4v) is 2.32. The minimum atomic E-state index is -3.32. The number of nitrogens with two attached hydrogens (primary N) is 1. The first kappa shape index (κ1) is 12.7. The third kappa shape index (κ3) is 3.63. The average Bonchev–Trinajstić information content (AvgIpc) is 2.30. The lowest BCUT2D eigenvalue weighted by molar-refractivity contribution is -0.119. The van der Waals surface area contributed by atoms with Crippen molar-refractivity contribution >= 4 is 15.7 Å².